The van der Waals surface area contributed by atoms with Crippen LogP contribution in [0.3, 0.4) is 0 Å². The van der Waals surface area contributed by atoms with E-state index in [0.29, 0.717) is 6.61 Å². The second-order valence-corrected chi connectivity index (χ2v) is 4.55. The summed E-state index contributed by atoms with van der Waals surface area (Å²) in [6.07, 6.45) is 1.71. The predicted octanol–water partition coefficient (Wildman–Crippen LogP) is 2.93. The summed E-state index contributed by atoms with van der Waals surface area (Å²) in [4.78, 5) is 0. The first-order valence-electron chi connectivity index (χ1n) is 6.28. The van der Waals surface area contributed by atoms with Gasteiger partial charge in [0.05, 0.1) is 7.11 Å². The van der Waals surface area contributed by atoms with Crippen molar-refractivity contribution in [3.05, 3.63) is 35.9 Å². The lowest BCUT2D eigenvalue weighted by Gasteiger charge is -2.15. The van der Waals surface area contributed by atoms with Gasteiger partial charge in [-0.25, -0.2) is 0 Å². The molecule has 0 saturated carbocycles. The van der Waals surface area contributed by atoms with Crippen molar-refractivity contribution >= 4 is 0 Å². The maximum Gasteiger partial charge on any atom is 0.126 e. The van der Waals surface area contributed by atoms with Crippen LogP contribution in [0, 0.1) is 0 Å². The van der Waals surface area contributed by atoms with Crippen LogP contribution in [-0.4, -0.2) is 19.8 Å². The SMILES string of the molecule is C=C(CC)COc1cc(OC)ccc1CC(C)N. The zero-order valence-electron chi connectivity index (χ0n) is 11.5. The molecule has 0 radical (unpaired) electrons. The van der Waals surface area contributed by atoms with E-state index in [4.69, 9.17) is 15.2 Å². The van der Waals surface area contributed by atoms with Crippen molar-refractivity contribution in [3.63, 3.8) is 0 Å². The number of hydrogen-bond donors (Lipinski definition) is 1. The fraction of sp³-hybridized carbons (Fsp3) is 0.467. The average molecular weight is 249 g/mol. The second-order valence-electron chi connectivity index (χ2n) is 4.55. The third-order valence-corrected chi connectivity index (χ3v) is 2.75. The van der Waals surface area contributed by atoms with Crippen molar-refractivity contribution < 1.29 is 9.47 Å². The standard InChI is InChI=1S/C15H23NO2/c1-5-11(2)10-18-15-9-14(17-4)7-6-13(15)8-12(3)16/h6-7,9,12H,2,5,8,10,16H2,1,3-4H3. The molecule has 0 heterocycles. The monoisotopic (exact) mass is 249 g/mol. The van der Waals surface area contributed by atoms with Crippen LogP contribution in [0.15, 0.2) is 30.4 Å². The first-order chi connectivity index (χ1) is 8.56. The van der Waals surface area contributed by atoms with Gasteiger partial charge in [-0.3, -0.25) is 0 Å². The van der Waals surface area contributed by atoms with Crippen molar-refractivity contribution in [2.45, 2.75) is 32.7 Å². The van der Waals surface area contributed by atoms with Crippen LogP contribution in [0.25, 0.3) is 0 Å². The molecule has 3 nitrogen and oxygen atoms in total. The first kappa shape index (κ1) is 14.6. The van der Waals surface area contributed by atoms with E-state index in [1.807, 2.05) is 25.1 Å². The summed E-state index contributed by atoms with van der Waals surface area (Å²) in [6.45, 7) is 8.53. The lowest BCUT2D eigenvalue weighted by Crippen LogP contribution is -2.18. The molecule has 1 atom stereocenters. The van der Waals surface area contributed by atoms with Gasteiger partial charge < -0.3 is 15.2 Å². The smallest absolute Gasteiger partial charge is 0.126 e. The highest BCUT2D eigenvalue weighted by molar-refractivity contribution is 5.41. The molecule has 1 rings (SSSR count). The van der Waals surface area contributed by atoms with Gasteiger partial charge in [-0.15, -0.1) is 0 Å². The van der Waals surface area contributed by atoms with Crippen molar-refractivity contribution in [1.29, 1.82) is 0 Å². The Bertz CT molecular complexity index is 399. The molecule has 100 valence electrons. The van der Waals surface area contributed by atoms with Gasteiger partial charge in [0.2, 0.25) is 0 Å². The lowest BCUT2D eigenvalue weighted by atomic mass is 10.1. The largest absolute Gasteiger partial charge is 0.497 e. The van der Waals surface area contributed by atoms with E-state index in [1.54, 1.807) is 7.11 Å². The van der Waals surface area contributed by atoms with E-state index in [-0.39, 0.29) is 6.04 Å². The van der Waals surface area contributed by atoms with E-state index >= 15 is 0 Å². The summed E-state index contributed by atoms with van der Waals surface area (Å²) in [5.41, 5.74) is 8.02. The molecule has 0 saturated heterocycles. The van der Waals surface area contributed by atoms with Crippen LogP contribution < -0.4 is 15.2 Å². The van der Waals surface area contributed by atoms with Crippen LogP contribution in [0.1, 0.15) is 25.8 Å². The molecule has 1 aromatic carbocycles. The zero-order valence-corrected chi connectivity index (χ0v) is 11.5. The Morgan fingerprint density at radius 1 is 1.44 bits per heavy atom. The number of benzene rings is 1. The Morgan fingerprint density at radius 3 is 2.72 bits per heavy atom. The van der Waals surface area contributed by atoms with Gasteiger partial charge >= 0.3 is 0 Å². The van der Waals surface area contributed by atoms with E-state index in [1.165, 1.54) is 0 Å². The van der Waals surface area contributed by atoms with E-state index in [2.05, 4.69) is 13.5 Å². The molecule has 0 aliphatic heterocycles. The average Bonchev–Trinajstić information content (AvgIpc) is 2.36. The molecule has 18 heavy (non-hydrogen) atoms. The highest BCUT2D eigenvalue weighted by Crippen LogP contribution is 2.26. The molecule has 0 bridgehead atoms. The van der Waals surface area contributed by atoms with E-state index < -0.39 is 0 Å². The quantitative estimate of drug-likeness (QED) is 0.756. The number of methoxy groups -OCH3 is 1. The van der Waals surface area contributed by atoms with Crippen molar-refractivity contribution in [1.82, 2.24) is 0 Å². The first-order valence-corrected chi connectivity index (χ1v) is 6.28. The molecular formula is C15H23NO2. The lowest BCUT2D eigenvalue weighted by molar-refractivity contribution is 0.340. The Labute approximate surface area is 110 Å². The van der Waals surface area contributed by atoms with Gasteiger partial charge in [-0.2, -0.15) is 0 Å². The molecule has 0 spiro atoms. The van der Waals surface area contributed by atoms with Crippen LogP contribution in [0.4, 0.5) is 0 Å². The third kappa shape index (κ3) is 4.41. The third-order valence-electron chi connectivity index (χ3n) is 2.75. The van der Waals surface area contributed by atoms with Crippen molar-refractivity contribution in [2.75, 3.05) is 13.7 Å². The topological polar surface area (TPSA) is 44.5 Å². The molecule has 0 aromatic heterocycles. The summed E-state index contributed by atoms with van der Waals surface area (Å²) in [6, 6.07) is 5.95. The van der Waals surface area contributed by atoms with Gasteiger partial charge in [0, 0.05) is 12.1 Å². The van der Waals surface area contributed by atoms with Crippen LogP contribution in [0.5, 0.6) is 11.5 Å². The molecule has 1 unspecified atom stereocenters. The molecule has 0 aliphatic rings. The minimum absolute atomic E-state index is 0.107. The van der Waals surface area contributed by atoms with Gasteiger partial charge in [-0.1, -0.05) is 19.6 Å². The van der Waals surface area contributed by atoms with Crippen LogP contribution in [-0.2, 0) is 6.42 Å². The van der Waals surface area contributed by atoms with Gasteiger partial charge in [0.25, 0.3) is 0 Å². The van der Waals surface area contributed by atoms with Crippen molar-refractivity contribution in [3.8, 4) is 11.5 Å². The highest BCUT2D eigenvalue weighted by atomic mass is 16.5. The molecular weight excluding hydrogens is 226 g/mol. The van der Waals surface area contributed by atoms with Gasteiger partial charge in [0.1, 0.15) is 18.1 Å². The summed E-state index contributed by atoms with van der Waals surface area (Å²) >= 11 is 0. The Hall–Kier alpha value is -1.48. The summed E-state index contributed by atoms with van der Waals surface area (Å²) in [7, 11) is 1.65. The number of nitrogens with two attached hydrogens (primary N) is 1. The Morgan fingerprint density at radius 2 is 2.17 bits per heavy atom. The van der Waals surface area contributed by atoms with E-state index in [0.717, 1.165) is 35.5 Å². The Kier molecular flexibility index (Phi) is 5.72. The number of ether oxygens (including phenoxy) is 2. The van der Waals surface area contributed by atoms with Crippen molar-refractivity contribution in [2.24, 2.45) is 5.73 Å². The zero-order chi connectivity index (χ0) is 13.5. The summed E-state index contributed by atoms with van der Waals surface area (Å²) in [5.74, 6) is 1.63. The highest BCUT2D eigenvalue weighted by Gasteiger charge is 2.08. The fourth-order valence-corrected chi connectivity index (χ4v) is 1.59. The molecule has 1 aromatic rings. The number of hydrogen-bond acceptors (Lipinski definition) is 3. The Balaban J connectivity index is 2.85. The van der Waals surface area contributed by atoms with E-state index in [9.17, 15) is 0 Å². The predicted molar refractivity (Wildman–Crippen MR) is 75.3 cm³/mol. The fourth-order valence-electron chi connectivity index (χ4n) is 1.59. The molecule has 2 N–H and O–H groups in total. The molecule has 0 fully saturated rings. The second kappa shape index (κ2) is 7.07. The van der Waals surface area contributed by atoms with Crippen LogP contribution >= 0.6 is 0 Å². The normalized spacial score (nSPS) is 12.0. The minimum atomic E-state index is 0.107. The molecule has 0 aliphatic carbocycles. The molecule has 3 heteroatoms. The molecule has 0 amide bonds. The summed E-state index contributed by atoms with van der Waals surface area (Å²) < 4.78 is 11.0. The maximum atomic E-state index is 5.84. The van der Waals surface area contributed by atoms with Gasteiger partial charge in [0.15, 0.2) is 0 Å². The van der Waals surface area contributed by atoms with Crippen LogP contribution in [0.2, 0.25) is 0 Å². The van der Waals surface area contributed by atoms with Gasteiger partial charge in [-0.05, 0) is 37.0 Å². The maximum absolute atomic E-state index is 5.84. The minimum Gasteiger partial charge on any atom is -0.497 e. The number of rotatable bonds is 7. The summed E-state index contributed by atoms with van der Waals surface area (Å²) in [5, 5.41) is 0.